The molecule has 19 heavy (non-hydrogen) atoms. The van der Waals surface area contributed by atoms with E-state index in [1.54, 1.807) is 6.92 Å². The summed E-state index contributed by atoms with van der Waals surface area (Å²) in [5.41, 5.74) is 2.06. The molecule has 0 bridgehead atoms. The molecule has 0 aliphatic carbocycles. The van der Waals surface area contributed by atoms with E-state index in [9.17, 15) is 9.59 Å². The number of carbonyl (C=O) groups excluding carboxylic acids is 1. The number of hydrogen-bond donors (Lipinski definition) is 3. The summed E-state index contributed by atoms with van der Waals surface area (Å²) in [6.07, 6.45) is 0. The second-order valence-electron chi connectivity index (χ2n) is 4.29. The van der Waals surface area contributed by atoms with E-state index in [1.807, 2.05) is 0 Å². The van der Waals surface area contributed by atoms with Crippen LogP contribution in [-0.2, 0) is 4.79 Å². The molecule has 5 nitrogen and oxygen atoms in total. The summed E-state index contributed by atoms with van der Waals surface area (Å²) in [6.45, 7) is 3.16. The van der Waals surface area contributed by atoms with E-state index in [2.05, 4.69) is 10.6 Å². The third-order valence-electron chi connectivity index (χ3n) is 3.01. The molecule has 6 heteroatoms. The van der Waals surface area contributed by atoms with Gasteiger partial charge in [-0.2, -0.15) is 0 Å². The number of halogens is 1. The van der Waals surface area contributed by atoms with Gasteiger partial charge in [-0.15, -0.1) is 0 Å². The summed E-state index contributed by atoms with van der Waals surface area (Å²) in [7, 11) is 0. The zero-order valence-electron chi connectivity index (χ0n) is 10.3. The van der Waals surface area contributed by atoms with Gasteiger partial charge in [-0.05, 0) is 30.7 Å². The van der Waals surface area contributed by atoms with Gasteiger partial charge in [0, 0.05) is 18.7 Å². The molecule has 3 N–H and O–H groups in total. The normalized spacial score (nSPS) is 13.7. The maximum atomic E-state index is 12.0. The van der Waals surface area contributed by atoms with E-state index in [-0.39, 0.29) is 11.5 Å². The van der Waals surface area contributed by atoms with Gasteiger partial charge >= 0.3 is 5.97 Å². The molecule has 1 fully saturated rings. The fourth-order valence-electron chi connectivity index (χ4n) is 1.65. The lowest BCUT2D eigenvalue weighted by molar-refractivity contribution is -0.112. The van der Waals surface area contributed by atoms with E-state index in [1.165, 1.54) is 18.2 Å². The first-order chi connectivity index (χ1) is 8.99. The number of hydrogen-bond acceptors (Lipinski definition) is 3. The fraction of sp³-hybridized carbons (Fsp3) is 0.231. The van der Waals surface area contributed by atoms with E-state index in [4.69, 9.17) is 16.7 Å². The second kappa shape index (κ2) is 5.42. The minimum absolute atomic E-state index is 0.0790. The van der Waals surface area contributed by atoms with E-state index < -0.39 is 5.97 Å². The Morgan fingerprint density at radius 1 is 1.37 bits per heavy atom. The highest BCUT2D eigenvalue weighted by Gasteiger charge is 2.17. The maximum absolute atomic E-state index is 12.0. The van der Waals surface area contributed by atoms with Gasteiger partial charge in [-0.3, -0.25) is 4.79 Å². The molecular weight excluding hydrogens is 268 g/mol. The number of carboxylic acids is 1. The van der Waals surface area contributed by atoms with Crippen molar-refractivity contribution in [3.63, 3.8) is 0 Å². The van der Waals surface area contributed by atoms with Crippen molar-refractivity contribution in [2.45, 2.75) is 6.92 Å². The minimum atomic E-state index is -1.06. The van der Waals surface area contributed by atoms with Gasteiger partial charge in [-0.1, -0.05) is 11.6 Å². The van der Waals surface area contributed by atoms with Crippen LogP contribution < -0.4 is 10.6 Å². The molecule has 0 unspecified atom stereocenters. The lowest BCUT2D eigenvalue weighted by Crippen LogP contribution is -2.36. The van der Waals surface area contributed by atoms with Crippen molar-refractivity contribution >= 4 is 29.2 Å². The lowest BCUT2D eigenvalue weighted by Gasteiger charge is -2.21. The molecule has 0 atom stereocenters. The molecule has 0 saturated carbocycles. The molecular formula is C13H13ClN2O3. The van der Waals surface area contributed by atoms with Crippen LogP contribution in [0.3, 0.4) is 0 Å². The molecule has 0 spiro atoms. The van der Waals surface area contributed by atoms with Crippen molar-refractivity contribution in [1.29, 1.82) is 0 Å². The highest BCUT2D eigenvalue weighted by Crippen LogP contribution is 2.24. The standard InChI is InChI=1S/C13H13ClN2O3/c1-7(9-5-15-6-9)12(17)16-11-4-8(13(18)19)2-3-10(11)14/h2-4,15H,5-6H2,1H3,(H,16,17)(H,18,19). The van der Waals surface area contributed by atoms with Crippen LogP contribution in [0.1, 0.15) is 17.3 Å². The molecule has 2 rings (SSSR count). The van der Waals surface area contributed by atoms with Crippen molar-refractivity contribution in [1.82, 2.24) is 5.32 Å². The van der Waals surface area contributed by atoms with Crippen molar-refractivity contribution in [2.24, 2.45) is 0 Å². The van der Waals surface area contributed by atoms with Gasteiger partial charge < -0.3 is 15.7 Å². The number of carbonyl (C=O) groups is 2. The number of anilines is 1. The molecule has 1 aromatic carbocycles. The van der Waals surface area contributed by atoms with Gasteiger partial charge in [0.2, 0.25) is 0 Å². The molecule has 1 aliphatic heterocycles. The van der Waals surface area contributed by atoms with Gasteiger partial charge in [0.05, 0.1) is 16.3 Å². The van der Waals surface area contributed by atoms with Crippen LogP contribution >= 0.6 is 11.6 Å². The van der Waals surface area contributed by atoms with Crippen molar-refractivity contribution in [2.75, 3.05) is 18.4 Å². The number of carboxylic acid groups (broad SMARTS) is 1. The summed E-state index contributed by atoms with van der Waals surface area (Å²) < 4.78 is 0. The second-order valence-corrected chi connectivity index (χ2v) is 4.69. The SMILES string of the molecule is CC(C(=O)Nc1cc(C(=O)O)ccc1Cl)=C1CNC1. The summed E-state index contributed by atoms with van der Waals surface area (Å²) in [6, 6.07) is 4.19. The Morgan fingerprint density at radius 2 is 2.05 bits per heavy atom. The average Bonchev–Trinajstić information content (AvgIpc) is 2.29. The largest absolute Gasteiger partial charge is 0.478 e. The van der Waals surface area contributed by atoms with Crippen LogP contribution in [0.15, 0.2) is 29.3 Å². The van der Waals surface area contributed by atoms with Crippen molar-refractivity contribution in [3.05, 3.63) is 39.9 Å². The van der Waals surface area contributed by atoms with E-state index >= 15 is 0 Å². The van der Waals surface area contributed by atoms with Gasteiger partial charge in [-0.25, -0.2) is 4.79 Å². The summed E-state index contributed by atoms with van der Waals surface area (Å²) in [5, 5.41) is 14.9. The average molecular weight is 281 g/mol. The molecule has 1 aliphatic rings. The predicted octanol–water partition coefficient (Wildman–Crippen LogP) is 1.90. The Morgan fingerprint density at radius 3 is 2.58 bits per heavy atom. The Balaban J connectivity index is 2.21. The van der Waals surface area contributed by atoms with Crippen LogP contribution in [0, 0.1) is 0 Å². The van der Waals surface area contributed by atoms with Gasteiger partial charge in [0.15, 0.2) is 0 Å². The topological polar surface area (TPSA) is 78.4 Å². The van der Waals surface area contributed by atoms with E-state index in [0.717, 1.165) is 5.57 Å². The molecule has 0 aromatic heterocycles. The Bertz CT molecular complexity index is 575. The molecule has 100 valence electrons. The number of aromatic carboxylic acids is 1. The van der Waals surface area contributed by atoms with Crippen LogP contribution in [-0.4, -0.2) is 30.1 Å². The Hall–Kier alpha value is -1.85. The monoisotopic (exact) mass is 280 g/mol. The maximum Gasteiger partial charge on any atom is 0.335 e. The first-order valence-corrected chi connectivity index (χ1v) is 6.10. The van der Waals surface area contributed by atoms with Crippen LogP contribution in [0.25, 0.3) is 0 Å². The Kier molecular flexibility index (Phi) is 3.87. The third kappa shape index (κ3) is 2.94. The van der Waals surface area contributed by atoms with Crippen LogP contribution in [0.2, 0.25) is 5.02 Å². The minimum Gasteiger partial charge on any atom is -0.478 e. The first-order valence-electron chi connectivity index (χ1n) is 5.72. The van der Waals surface area contributed by atoms with Crippen molar-refractivity contribution < 1.29 is 14.7 Å². The zero-order chi connectivity index (χ0) is 14.0. The molecule has 1 saturated heterocycles. The van der Waals surface area contributed by atoms with Gasteiger partial charge in [0.25, 0.3) is 5.91 Å². The van der Waals surface area contributed by atoms with Crippen LogP contribution in [0.5, 0.6) is 0 Å². The number of amides is 1. The van der Waals surface area contributed by atoms with Crippen molar-refractivity contribution in [3.8, 4) is 0 Å². The van der Waals surface area contributed by atoms with E-state index in [0.29, 0.717) is 29.4 Å². The molecule has 1 aromatic rings. The third-order valence-corrected chi connectivity index (χ3v) is 3.34. The molecule has 0 radical (unpaired) electrons. The first kappa shape index (κ1) is 13.6. The zero-order valence-corrected chi connectivity index (χ0v) is 11.0. The Labute approximate surface area is 115 Å². The number of rotatable bonds is 3. The summed E-state index contributed by atoms with van der Waals surface area (Å²) in [4.78, 5) is 22.9. The van der Waals surface area contributed by atoms with Crippen LogP contribution in [0.4, 0.5) is 5.69 Å². The highest BCUT2D eigenvalue weighted by molar-refractivity contribution is 6.34. The lowest BCUT2D eigenvalue weighted by atomic mass is 10.0. The number of nitrogens with one attached hydrogen (secondary N) is 2. The smallest absolute Gasteiger partial charge is 0.335 e. The molecule has 1 heterocycles. The summed E-state index contributed by atoms with van der Waals surface area (Å²) in [5.74, 6) is -1.33. The number of benzene rings is 1. The highest BCUT2D eigenvalue weighted by atomic mass is 35.5. The quantitative estimate of drug-likeness (QED) is 0.739. The fourth-order valence-corrected chi connectivity index (χ4v) is 1.81. The predicted molar refractivity (Wildman–Crippen MR) is 72.6 cm³/mol. The summed E-state index contributed by atoms with van der Waals surface area (Å²) >= 11 is 5.94. The van der Waals surface area contributed by atoms with Gasteiger partial charge in [0.1, 0.15) is 0 Å². The molecule has 1 amide bonds.